The lowest BCUT2D eigenvalue weighted by atomic mass is 10.0. The number of nitrogens with zero attached hydrogens (tertiary/aromatic N) is 3. The summed E-state index contributed by atoms with van der Waals surface area (Å²) >= 11 is 6.12. The van der Waals surface area contributed by atoms with Gasteiger partial charge in [-0.3, -0.25) is 4.68 Å². The first-order valence-corrected chi connectivity index (χ1v) is 11.6. The zero-order valence-corrected chi connectivity index (χ0v) is 20.4. The number of ether oxygens (including phenoxy) is 2. The molecule has 4 rings (SSSR count). The van der Waals surface area contributed by atoms with Crippen LogP contribution in [0.4, 0.5) is 4.79 Å². The average Bonchev–Trinajstić information content (AvgIpc) is 2.95. The predicted molar refractivity (Wildman–Crippen MR) is 130 cm³/mol. The van der Waals surface area contributed by atoms with Crippen molar-refractivity contribution in [2.45, 2.75) is 45.8 Å². The Balaban J connectivity index is 1.70. The minimum absolute atomic E-state index is 0.273. The van der Waals surface area contributed by atoms with E-state index in [-0.39, 0.29) is 6.09 Å². The summed E-state index contributed by atoms with van der Waals surface area (Å²) in [6, 6.07) is 15.7. The summed E-state index contributed by atoms with van der Waals surface area (Å²) < 4.78 is 13.2. The van der Waals surface area contributed by atoms with Crippen molar-refractivity contribution in [2.75, 3.05) is 20.2 Å². The normalized spacial score (nSPS) is 13.9. The van der Waals surface area contributed by atoms with E-state index in [2.05, 4.69) is 10.7 Å². The molecule has 0 aliphatic carbocycles. The molecule has 174 valence electrons. The van der Waals surface area contributed by atoms with Crippen LogP contribution in [0, 0.1) is 0 Å². The first-order valence-electron chi connectivity index (χ1n) is 11.2. The average molecular weight is 468 g/mol. The van der Waals surface area contributed by atoms with Gasteiger partial charge in [-0.25, -0.2) is 4.79 Å². The van der Waals surface area contributed by atoms with Crippen molar-refractivity contribution in [1.29, 1.82) is 0 Å². The second-order valence-electron chi connectivity index (χ2n) is 9.22. The Morgan fingerprint density at radius 3 is 2.45 bits per heavy atom. The third-order valence-corrected chi connectivity index (χ3v) is 5.95. The Morgan fingerprint density at radius 2 is 1.76 bits per heavy atom. The van der Waals surface area contributed by atoms with E-state index in [1.54, 1.807) is 12.0 Å². The van der Waals surface area contributed by atoms with Gasteiger partial charge in [0.05, 0.1) is 19.3 Å². The molecule has 6 nitrogen and oxygen atoms in total. The van der Waals surface area contributed by atoms with Crippen LogP contribution in [0.25, 0.3) is 11.3 Å². The predicted octanol–water partition coefficient (Wildman–Crippen LogP) is 5.60. The number of halogens is 1. The molecule has 2 aromatic carbocycles. The van der Waals surface area contributed by atoms with Crippen LogP contribution in [0.15, 0.2) is 48.5 Å². The maximum atomic E-state index is 12.7. The summed E-state index contributed by atoms with van der Waals surface area (Å²) in [7, 11) is 1.68. The molecule has 0 unspecified atom stereocenters. The SMILES string of the molecule is COc1ccccc1Cn1nc(-c2ccc(Cl)cc2)c2c1CCN(C(=O)OC(C)(C)C)CC2. The van der Waals surface area contributed by atoms with E-state index in [1.165, 1.54) is 5.56 Å². The van der Waals surface area contributed by atoms with Crippen LogP contribution in [-0.2, 0) is 24.1 Å². The van der Waals surface area contributed by atoms with Crippen LogP contribution in [0.1, 0.15) is 37.6 Å². The van der Waals surface area contributed by atoms with Gasteiger partial charge in [-0.2, -0.15) is 5.10 Å². The van der Waals surface area contributed by atoms with Gasteiger partial charge in [-0.15, -0.1) is 0 Å². The van der Waals surface area contributed by atoms with Crippen LogP contribution in [0.2, 0.25) is 5.02 Å². The molecule has 0 saturated carbocycles. The smallest absolute Gasteiger partial charge is 0.410 e. The van der Waals surface area contributed by atoms with Gasteiger partial charge >= 0.3 is 6.09 Å². The molecule has 1 amide bonds. The quantitative estimate of drug-likeness (QED) is 0.501. The fourth-order valence-corrected chi connectivity index (χ4v) is 4.28. The highest BCUT2D eigenvalue weighted by Gasteiger charge is 2.28. The van der Waals surface area contributed by atoms with Gasteiger partial charge in [0.1, 0.15) is 11.4 Å². The summed E-state index contributed by atoms with van der Waals surface area (Å²) in [5.41, 5.74) is 4.78. The molecule has 0 spiro atoms. The molecular formula is C26H30ClN3O3. The lowest BCUT2D eigenvalue weighted by Gasteiger charge is -2.26. The van der Waals surface area contributed by atoms with Crippen LogP contribution in [0.3, 0.4) is 0 Å². The van der Waals surface area contributed by atoms with Crippen LogP contribution in [0.5, 0.6) is 5.75 Å². The third kappa shape index (κ3) is 5.33. The van der Waals surface area contributed by atoms with E-state index >= 15 is 0 Å². The van der Waals surface area contributed by atoms with Gasteiger partial charge in [0, 0.05) is 46.9 Å². The molecule has 0 bridgehead atoms. The van der Waals surface area contributed by atoms with Crippen molar-refractivity contribution < 1.29 is 14.3 Å². The van der Waals surface area contributed by atoms with Crippen molar-refractivity contribution in [2.24, 2.45) is 0 Å². The zero-order valence-electron chi connectivity index (χ0n) is 19.6. The van der Waals surface area contributed by atoms with Gasteiger partial charge in [-0.05, 0) is 45.4 Å². The Kier molecular flexibility index (Phi) is 6.66. The Labute approximate surface area is 200 Å². The summed E-state index contributed by atoms with van der Waals surface area (Å²) in [5.74, 6) is 0.832. The molecule has 2 heterocycles. The van der Waals surface area contributed by atoms with Crippen molar-refractivity contribution in [1.82, 2.24) is 14.7 Å². The molecule has 0 radical (unpaired) electrons. The number of para-hydroxylation sites is 1. The van der Waals surface area contributed by atoms with E-state index in [4.69, 9.17) is 26.2 Å². The number of carbonyl (C=O) groups excluding carboxylic acids is 1. The van der Waals surface area contributed by atoms with Crippen molar-refractivity contribution in [3.63, 3.8) is 0 Å². The fraction of sp³-hybridized carbons (Fsp3) is 0.385. The first kappa shape index (κ1) is 23.2. The summed E-state index contributed by atoms with van der Waals surface area (Å²) in [6.07, 6.45) is 1.13. The van der Waals surface area contributed by atoms with E-state index in [9.17, 15) is 4.79 Å². The monoisotopic (exact) mass is 467 g/mol. The minimum Gasteiger partial charge on any atom is -0.496 e. The maximum Gasteiger partial charge on any atom is 0.410 e. The number of amides is 1. The molecular weight excluding hydrogens is 438 g/mol. The standard InChI is InChI=1S/C26H30ClN3O3/c1-26(2,3)33-25(31)29-15-13-21-22(14-16-29)30(17-19-7-5-6-8-23(19)32-4)28-24(21)18-9-11-20(27)12-10-18/h5-12H,13-17H2,1-4H3. The van der Waals surface area contributed by atoms with Crippen molar-refractivity contribution in [3.8, 4) is 17.0 Å². The fourth-order valence-electron chi connectivity index (χ4n) is 4.15. The number of hydrogen-bond acceptors (Lipinski definition) is 4. The first-order chi connectivity index (χ1) is 15.7. The highest BCUT2D eigenvalue weighted by molar-refractivity contribution is 6.30. The molecule has 0 saturated heterocycles. The third-order valence-electron chi connectivity index (χ3n) is 5.70. The van der Waals surface area contributed by atoms with E-state index in [1.807, 2.05) is 63.2 Å². The lowest BCUT2D eigenvalue weighted by molar-refractivity contribution is 0.0258. The van der Waals surface area contributed by atoms with Gasteiger partial charge in [0.2, 0.25) is 0 Å². The van der Waals surface area contributed by atoms with Crippen molar-refractivity contribution in [3.05, 3.63) is 70.4 Å². The highest BCUT2D eigenvalue weighted by atomic mass is 35.5. The van der Waals surface area contributed by atoms with Gasteiger partial charge in [0.25, 0.3) is 0 Å². The topological polar surface area (TPSA) is 56.6 Å². The van der Waals surface area contributed by atoms with Crippen molar-refractivity contribution >= 4 is 17.7 Å². The van der Waals surface area contributed by atoms with Gasteiger partial charge in [-0.1, -0.05) is 41.9 Å². The highest BCUT2D eigenvalue weighted by Crippen LogP contribution is 2.31. The van der Waals surface area contributed by atoms with Gasteiger partial charge in [0.15, 0.2) is 0 Å². The summed E-state index contributed by atoms with van der Waals surface area (Å²) in [4.78, 5) is 14.5. The Hall–Kier alpha value is -2.99. The van der Waals surface area contributed by atoms with E-state index in [0.717, 1.165) is 28.3 Å². The summed E-state index contributed by atoms with van der Waals surface area (Å²) in [6.45, 7) is 7.43. The van der Waals surface area contributed by atoms with Gasteiger partial charge < -0.3 is 14.4 Å². The van der Waals surface area contributed by atoms with E-state index < -0.39 is 5.60 Å². The molecule has 0 N–H and O–H groups in total. The minimum atomic E-state index is -0.522. The largest absolute Gasteiger partial charge is 0.496 e. The molecule has 3 aromatic rings. The molecule has 7 heteroatoms. The molecule has 1 aliphatic rings. The molecule has 0 atom stereocenters. The number of aromatic nitrogens is 2. The number of hydrogen-bond donors (Lipinski definition) is 0. The summed E-state index contributed by atoms with van der Waals surface area (Å²) in [5, 5.41) is 5.71. The number of fused-ring (bicyclic) bond motifs is 1. The van der Waals surface area contributed by atoms with Crippen LogP contribution < -0.4 is 4.74 Å². The molecule has 1 aromatic heterocycles. The maximum absolute atomic E-state index is 12.7. The lowest BCUT2D eigenvalue weighted by Crippen LogP contribution is -2.38. The Morgan fingerprint density at radius 1 is 1.06 bits per heavy atom. The number of methoxy groups -OCH3 is 1. The second kappa shape index (κ2) is 9.48. The zero-order chi connectivity index (χ0) is 23.6. The van der Waals surface area contributed by atoms with E-state index in [0.29, 0.717) is 37.5 Å². The van der Waals surface area contributed by atoms with Crippen LogP contribution in [-0.4, -0.2) is 46.6 Å². The number of carbonyl (C=O) groups is 1. The number of rotatable bonds is 4. The number of benzene rings is 2. The Bertz CT molecular complexity index is 1130. The molecule has 33 heavy (non-hydrogen) atoms. The molecule has 0 fully saturated rings. The molecule has 1 aliphatic heterocycles. The van der Waals surface area contributed by atoms with Crippen LogP contribution >= 0.6 is 11.6 Å². The second-order valence-corrected chi connectivity index (χ2v) is 9.65.